The zero-order valence-corrected chi connectivity index (χ0v) is 13.8. The number of aliphatic carboxylic acids is 1. The molecule has 24 heavy (non-hydrogen) atoms. The quantitative estimate of drug-likeness (QED) is 0.579. The van der Waals surface area contributed by atoms with Crippen LogP contribution >= 0.6 is 11.6 Å². The Hall–Kier alpha value is -2.66. The summed E-state index contributed by atoms with van der Waals surface area (Å²) in [5.74, 6) is 0.810. The molecule has 1 N–H and O–H groups in total. The molecule has 0 aliphatic carbocycles. The molecule has 0 heterocycles. The van der Waals surface area contributed by atoms with Crippen LogP contribution in [0.5, 0.6) is 17.2 Å². The number of hydrogen-bond donors (Lipinski definition) is 1. The molecule has 0 fully saturated rings. The third-order valence-corrected chi connectivity index (χ3v) is 3.30. The fourth-order valence-electron chi connectivity index (χ4n) is 1.91. The minimum Gasteiger partial charge on any atom is -0.497 e. The monoisotopic (exact) mass is 348 g/mol. The Labute approximate surface area is 145 Å². The van der Waals surface area contributed by atoms with Crippen molar-refractivity contribution in [1.82, 2.24) is 0 Å². The van der Waals surface area contributed by atoms with Crippen LogP contribution in [0, 0.1) is 0 Å². The predicted octanol–water partition coefficient (Wildman–Crippen LogP) is 3.90. The van der Waals surface area contributed by atoms with E-state index in [1.54, 1.807) is 49.6 Å². The summed E-state index contributed by atoms with van der Waals surface area (Å²) in [4.78, 5) is 10.7. The molecule has 2 aromatic carbocycles. The topological polar surface area (TPSA) is 65.0 Å². The molecule has 0 aliphatic heterocycles. The third kappa shape index (κ3) is 5.52. The van der Waals surface area contributed by atoms with Gasteiger partial charge in [-0.15, -0.1) is 0 Å². The Morgan fingerprint density at radius 1 is 1.08 bits per heavy atom. The summed E-state index contributed by atoms with van der Waals surface area (Å²) in [5, 5.41) is 9.39. The van der Waals surface area contributed by atoms with Crippen molar-refractivity contribution in [2.45, 2.75) is 0 Å². The van der Waals surface area contributed by atoms with Crippen LogP contribution in [0.25, 0.3) is 6.08 Å². The fourth-order valence-corrected chi connectivity index (χ4v) is 2.03. The SMILES string of the molecule is COc1ccc(C=CC(=O)O)c(OCCOc2ccc(Cl)cc2)c1. The molecular formula is C18H17ClO5. The maximum atomic E-state index is 10.7. The molecule has 0 saturated carbocycles. The maximum Gasteiger partial charge on any atom is 0.328 e. The smallest absolute Gasteiger partial charge is 0.328 e. The first-order chi connectivity index (χ1) is 11.6. The number of carboxylic acids is 1. The van der Waals surface area contributed by atoms with E-state index in [2.05, 4.69) is 0 Å². The summed E-state index contributed by atoms with van der Waals surface area (Å²) in [6.07, 6.45) is 2.52. The van der Waals surface area contributed by atoms with Crippen molar-refractivity contribution < 1.29 is 24.1 Å². The molecule has 5 nitrogen and oxygen atoms in total. The van der Waals surface area contributed by atoms with Gasteiger partial charge in [0.05, 0.1) is 7.11 Å². The van der Waals surface area contributed by atoms with Crippen LogP contribution in [0.2, 0.25) is 5.02 Å². The van der Waals surface area contributed by atoms with E-state index in [0.717, 1.165) is 6.08 Å². The van der Waals surface area contributed by atoms with Gasteiger partial charge in [0.15, 0.2) is 0 Å². The highest BCUT2D eigenvalue weighted by molar-refractivity contribution is 6.30. The van der Waals surface area contributed by atoms with Crippen molar-refractivity contribution in [1.29, 1.82) is 0 Å². The molecule has 0 radical (unpaired) electrons. The molecule has 0 saturated heterocycles. The van der Waals surface area contributed by atoms with Gasteiger partial charge in [0.1, 0.15) is 30.5 Å². The Balaban J connectivity index is 1.96. The third-order valence-electron chi connectivity index (χ3n) is 3.05. The van der Waals surface area contributed by atoms with Crippen molar-refractivity contribution in [2.24, 2.45) is 0 Å². The van der Waals surface area contributed by atoms with Crippen molar-refractivity contribution in [2.75, 3.05) is 20.3 Å². The van der Waals surface area contributed by atoms with Gasteiger partial charge in [-0.2, -0.15) is 0 Å². The first kappa shape index (κ1) is 17.7. The van der Waals surface area contributed by atoms with Gasteiger partial charge in [-0.1, -0.05) is 11.6 Å². The maximum absolute atomic E-state index is 10.7. The van der Waals surface area contributed by atoms with E-state index >= 15 is 0 Å². The average Bonchev–Trinajstić information content (AvgIpc) is 2.58. The zero-order chi connectivity index (χ0) is 17.4. The largest absolute Gasteiger partial charge is 0.497 e. The molecule has 0 amide bonds. The van der Waals surface area contributed by atoms with Gasteiger partial charge in [-0.3, -0.25) is 0 Å². The van der Waals surface area contributed by atoms with Crippen LogP contribution < -0.4 is 14.2 Å². The highest BCUT2D eigenvalue weighted by Gasteiger charge is 2.05. The number of carboxylic acid groups (broad SMARTS) is 1. The Morgan fingerprint density at radius 3 is 2.42 bits per heavy atom. The van der Waals surface area contributed by atoms with E-state index in [4.69, 9.17) is 30.9 Å². The minimum atomic E-state index is -1.03. The van der Waals surface area contributed by atoms with E-state index in [-0.39, 0.29) is 0 Å². The van der Waals surface area contributed by atoms with Gasteiger partial charge in [-0.25, -0.2) is 4.79 Å². The Bertz CT molecular complexity index is 710. The van der Waals surface area contributed by atoms with Crippen molar-refractivity contribution in [3.05, 3.63) is 59.1 Å². The van der Waals surface area contributed by atoms with E-state index in [1.807, 2.05) is 0 Å². The molecule has 0 unspecified atom stereocenters. The lowest BCUT2D eigenvalue weighted by Gasteiger charge is -2.12. The van der Waals surface area contributed by atoms with Gasteiger partial charge in [0.25, 0.3) is 0 Å². The molecule has 0 bridgehead atoms. The molecule has 0 aliphatic rings. The first-order valence-corrected chi connectivity index (χ1v) is 7.56. The lowest BCUT2D eigenvalue weighted by atomic mass is 10.1. The van der Waals surface area contributed by atoms with Crippen molar-refractivity contribution in [3.8, 4) is 17.2 Å². The number of ether oxygens (including phenoxy) is 3. The summed E-state index contributed by atoms with van der Waals surface area (Å²) in [5.41, 5.74) is 0.643. The molecular weight excluding hydrogens is 332 g/mol. The van der Waals surface area contributed by atoms with Crippen LogP contribution in [0.3, 0.4) is 0 Å². The van der Waals surface area contributed by atoms with Crippen LogP contribution in [0.15, 0.2) is 48.5 Å². The number of benzene rings is 2. The van der Waals surface area contributed by atoms with E-state index in [9.17, 15) is 4.79 Å². The lowest BCUT2D eigenvalue weighted by molar-refractivity contribution is -0.131. The van der Waals surface area contributed by atoms with Gasteiger partial charge in [-0.05, 0) is 42.5 Å². The second kappa shape index (κ2) is 8.84. The minimum absolute atomic E-state index is 0.295. The summed E-state index contributed by atoms with van der Waals surface area (Å²) in [7, 11) is 1.55. The van der Waals surface area contributed by atoms with Crippen LogP contribution in [0.4, 0.5) is 0 Å². The summed E-state index contributed by atoms with van der Waals surface area (Å²) >= 11 is 5.81. The van der Waals surface area contributed by atoms with E-state index in [0.29, 0.717) is 41.0 Å². The molecule has 0 aromatic heterocycles. The van der Waals surface area contributed by atoms with Crippen LogP contribution in [-0.4, -0.2) is 31.4 Å². The standard InChI is InChI=1S/C18H17ClO5/c1-22-16-6-2-13(3-9-18(20)21)17(12-16)24-11-10-23-15-7-4-14(19)5-8-15/h2-9,12H,10-11H2,1H3,(H,20,21). The summed E-state index contributed by atoms with van der Waals surface area (Å²) in [6, 6.07) is 12.2. The Kier molecular flexibility index (Phi) is 6.51. The zero-order valence-electron chi connectivity index (χ0n) is 13.1. The highest BCUT2D eigenvalue weighted by Crippen LogP contribution is 2.26. The molecule has 6 heteroatoms. The first-order valence-electron chi connectivity index (χ1n) is 7.18. The molecule has 0 atom stereocenters. The number of hydrogen-bond acceptors (Lipinski definition) is 4. The van der Waals surface area contributed by atoms with Crippen molar-refractivity contribution in [3.63, 3.8) is 0 Å². The van der Waals surface area contributed by atoms with Gasteiger partial charge in [0.2, 0.25) is 0 Å². The number of halogens is 1. The molecule has 126 valence electrons. The molecule has 0 spiro atoms. The van der Waals surface area contributed by atoms with Crippen LogP contribution in [-0.2, 0) is 4.79 Å². The summed E-state index contributed by atoms with van der Waals surface area (Å²) in [6.45, 7) is 0.630. The van der Waals surface area contributed by atoms with E-state index < -0.39 is 5.97 Å². The molecule has 2 rings (SSSR count). The molecule has 2 aromatic rings. The van der Waals surface area contributed by atoms with Crippen molar-refractivity contribution >= 4 is 23.6 Å². The predicted molar refractivity (Wildman–Crippen MR) is 92.1 cm³/mol. The van der Waals surface area contributed by atoms with Gasteiger partial charge < -0.3 is 19.3 Å². The normalized spacial score (nSPS) is 10.6. The number of methoxy groups -OCH3 is 1. The highest BCUT2D eigenvalue weighted by atomic mass is 35.5. The van der Waals surface area contributed by atoms with Crippen LogP contribution in [0.1, 0.15) is 5.56 Å². The van der Waals surface area contributed by atoms with Gasteiger partial charge in [0, 0.05) is 22.7 Å². The fraction of sp³-hybridized carbons (Fsp3) is 0.167. The number of rotatable bonds is 8. The van der Waals surface area contributed by atoms with Gasteiger partial charge >= 0.3 is 5.97 Å². The van der Waals surface area contributed by atoms with E-state index in [1.165, 1.54) is 6.08 Å². The second-order valence-electron chi connectivity index (χ2n) is 4.73. The average molecular weight is 349 g/mol. The lowest BCUT2D eigenvalue weighted by Crippen LogP contribution is -2.09. The number of carbonyl (C=O) groups is 1. The second-order valence-corrected chi connectivity index (χ2v) is 5.16. The summed E-state index contributed by atoms with van der Waals surface area (Å²) < 4.78 is 16.4. The Morgan fingerprint density at radius 2 is 1.75 bits per heavy atom.